The third kappa shape index (κ3) is 50.4. The summed E-state index contributed by atoms with van der Waals surface area (Å²) in [4.78, 5) is 38.0. The number of carbonyl (C=O) groups is 3. The lowest BCUT2D eigenvalue weighted by Crippen LogP contribution is -2.30. The van der Waals surface area contributed by atoms with Gasteiger partial charge in [0.1, 0.15) is 13.2 Å². The second kappa shape index (κ2) is 53.0. The van der Waals surface area contributed by atoms with Gasteiger partial charge in [0.15, 0.2) is 6.10 Å². The van der Waals surface area contributed by atoms with Crippen LogP contribution in [0.15, 0.2) is 48.6 Å². The third-order valence-corrected chi connectivity index (χ3v) is 12.1. The van der Waals surface area contributed by atoms with Crippen molar-refractivity contribution in [3.63, 3.8) is 0 Å². The second-order valence-electron chi connectivity index (χ2n) is 18.5. The third-order valence-electron chi connectivity index (χ3n) is 12.1. The van der Waals surface area contributed by atoms with Crippen molar-refractivity contribution < 1.29 is 28.6 Å². The van der Waals surface area contributed by atoms with E-state index in [1.54, 1.807) is 0 Å². The molecule has 0 radical (unpaired) electrons. The van der Waals surface area contributed by atoms with E-state index in [2.05, 4.69) is 69.4 Å². The van der Waals surface area contributed by atoms with Crippen LogP contribution in [0, 0.1) is 0 Å². The molecule has 6 nitrogen and oxygen atoms in total. The highest BCUT2D eigenvalue weighted by Crippen LogP contribution is 2.16. The maximum Gasteiger partial charge on any atom is 0.306 e. The van der Waals surface area contributed by atoms with Crippen molar-refractivity contribution in [2.75, 3.05) is 13.2 Å². The van der Waals surface area contributed by atoms with Crippen LogP contribution in [-0.4, -0.2) is 37.2 Å². The van der Waals surface area contributed by atoms with Gasteiger partial charge in [-0.15, -0.1) is 0 Å². The largest absolute Gasteiger partial charge is 0.462 e. The van der Waals surface area contributed by atoms with Gasteiger partial charge in [-0.05, 0) is 83.5 Å². The smallest absolute Gasteiger partial charge is 0.306 e. The van der Waals surface area contributed by atoms with Gasteiger partial charge in [-0.1, -0.05) is 230 Å². The Bertz CT molecular complexity index is 1120. The first-order valence-electron chi connectivity index (χ1n) is 27.6. The molecule has 0 bridgehead atoms. The van der Waals surface area contributed by atoms with Crippen LogP contribution < -0.4 is 0 Å². The lowest BCUT2D eigenvalue weighted by Gasteiger charge is -2.18. The van der Waals surface area contributed by atoms with E-state index in [4.69, 9.17) is 14.2 Å². The summed E-state index contributed by atoms with van der Waals surface area (Å²) in [5.41, 5.74) is 0. The van der Waals surface area contributed by atoms with Crippen molar-refractivity contribution >= 4 is 17.9 Å². The number of esters is 3. The van der Waals surface area contributed by atoms with E-state index in [-0.39, 0.29) is 31.1 Å². The van der Waals surface area contributed by atoms with Crippen molar-refractivity contribution in [2.24, 2.45) is 0 Å². The van der Waals surface area contributed by atoms with Gasteiger partial charge in [-0.2, -0.15) is 0 Å². The van der Waals surface area contributed by atoms with E-state index >= 15 is 0 Å². The molecule has 0 unspecified atom stereocenters. The molecule has 0 spiro atoms. The minimum Gasteiger partial charge on any atom is -0.462 e. The molecule has 0 saturated carbocycles. The highest BCUT2D eigenvalue weighted by atomic mass is 16.6. The average molecular weight is 897 g/mol. The molecule has 0 aromatic heterocycles. The zero-order chi connectivity index (χ0) is 46.5. The molecule has 0 aliphatic carbocycles. The highest BCUT2D eigenvalue weighted by Gasteiger charge is 2.19. The van der Waals surface area contributed by atoms with Gasteiger partial charge in [0, 0.05) is 19.3 Å². The fourth-order valence-corrected chi connectivity index (χ4v) is 7.86. The van der Waals surface area contributed by atoms with Crippen LogP contribution in [0.5, 0.6) is 0 Å². The Morgan fingerprint density at radius 1 is 0.312 bits per heavy atom. The normalized spacial score (nSPS) is 12.4. The Morgan fingerprint density at radius 3 is 0.922 bits per heavy atom. The van der Waals surface area contributed by atoms with Crippen LogP contribution in [0.2, 0.25) is 0 Å². The molecule has 372 valence electrons. The second-order valence-corrected chi connectivity index (χ2v) is 18.5. The average Bonchev–Trinajstić information content (AvgIpc) is 3.29. The van der Waals surface area contributed by atoms with Crippen LogP contribution >= 0.6 is 0 Å². The van der Waals surface area contributed by atoms with Crippen molar-refractivity contribution in [3.8, 4) is 0 Å². The van der Waals surface area contributed by atoms with Gasteiger partial charge in [0.05, 0.1) is 0 Å². The number of hydrogen-bond acceptors (Lipinski definition) is 6. The first-order valence-corrected chi connectivity index (χ1v) is 27.6. The molecule has 0 aromatic carbocycles. The first kappa shape index (κ1) is 61.4. The standard InChI is InChI=1S/C58H104O6/c1-4-7-10-13-16-19-22-25-27-28-29-30-32-33-36-39-42-45-48-51-57(60)63-54-55(53-62-56(59)50-47-44-41-38-35-24-21-18-15-12-9-6-3)64-58(61)52-49-46-43-40-37-34-31-26-23-20-17-14-11-8-5-2/h16,18-19,21,25,27,29-30,55H,4-15,17,20,22-24,26,28,31-54H2,1-3H3/b19-16-,21-18-,27-25-,30-29-/t55-/m1/s1. The van der Waals surface area contributed by atoms with E-state index in [1.165, 1.54) is 161 Å². The van der Waals surface area contributed by atoms with Gasteiger partial charge in [-0.25, -0.2) is 0 Å². The molecule has 6 heteroatoms. The maximum atomic E-state index is 12.8. The Hall–Kier alpha value is -2.63. The number of hydrogen-bond donors (Lipinski definition) is 0. The summed E-state index contributed by atoms with van der Waals surface area (Å²) in [6.45, 7) is 6.59. The van der Waals surface area contributed by atoms with Crippen molar-refractivity contribution in [2.45, 2.75) is 290 Å². The number of carbonyl (C=O) groups excluding carboxylic acids is 3. The molecule has 0 aliphatic rings. The topological polar surface area (TPSA) is 78.9 Å². The van der Waals surface area contributed by atoms with Crippen molar-refractivity contribution in [3.05, 3.63) is 48.6 Å². The molecule has 0 heterocycles. The number of unbranched alkanes of at least 4 members (excludes halogenated alkanes) is 31. The number of allylic oxidation sites excluding steroid dienone is 8. The summed E-state index contributed by atoms with van der Waals surface area (Å²) in [5.74, 6) is -0.889. The highest BCUT2D eigenvalue weighted by molar-refractivity contribution is 5.71. The van der Waals surface area contributed by atoms with Gasteiger partial charge in [0.25, 0.3) is 0 Å². The minimum atomic E-state index is -0.779. The Labute approximate surface area is 397 Å². The molecule has 64 heavy (non-hydrogen) atoms. The van der Waals surface area contributed by atoms with Crippen LogP contribution in [0.3, 0.4) is 0 Å². The molecular weight excluding hydrogens is 793 g/mol. The quantitative estimate of drug-likeness (QED) is 0.0262. The molecule has 0 saturated heterocycles. The molecule has 0 rings (SSSR count). The Balaban J connectivity index is 4.36. The van der Waals surface area contributed by atoms with Crippen molar-refractivity contribution in [1.82, 2.24) is 0 Å². The number of ether oxygens (including phenoxy) is 3. The van der Waals surface area contributed by atoms with E-state index in [1.807, 2.05) is 0 Å². The molecule has 1 atom stereocenters. The zero-order valence-corrected chi connectivity index (χ0v) is 42.6. The number of rotatable bonds is 50. The lowest BCUT2D eigenvalue weighted by atomic mass is 10.0. The van der Waals surface area contributed by atoms with E-state index in [0.717, 1.165) is 83.5 Å². The SMILES string of the molecule is CCCCC/C=C\C/C=C\C/C=C\CCCCCCCCC(=O)OC[C@@H](COC(=O)CCCCCCC/C=C\CCCCC)OC(=O)CCCCCCCCCCCCCCCCC. The summed E-state index contributed by atoms with van der Waals surface area (Å²) < 4.78 is 16.8. The predicted molar refractivity (Wildman–Crippen MR) is 275 cm³/mol. The minimum absolute atomic E-state index is 0.0793. The molecule has 0 amide bonds. The van der Waals surface area contributed by atoms with Gasteiger partial charge >= 0.3 is 17.9 Å². The Morgan fingerprint density at radius 2 is 0.562 bits per heavy atom. The van der Waals surface area contributed by atoms with Gasteiger partial charge in [-0.3, -0.25) is 14.4 Å². The van der Waals surface area contributed by atoms with Crippen molar-refractivity contribution in [1.29, 1.82) is 0 Å². The predicted octanol–water partition coefficient (Wildman–Crippen LogP) is 18.3. The summed E-state index contributed by atoms with van der Waals surface area (Å²) in [6.07, 6.45) is 63.8. The molecular formula is C58H104O6. The molecule has 0 N–H and O–H groups in total. The van der Waals surface area contributed by atoms with Crippen LogP contribution in [0.1, 0.15) is 284 Å². The summed E-state index contributed by atoms with van der Waals surface area (Å²) in [7, 11) is 0. The van der Waals surface area contributed by atoms with Crippen LogP contribution in [-0.2, 0) is 28.6 Å². The summed E-state index contributed by atoms with van der Waals surface area (Å²) in [5, 5.41) is 0. The zero-order valence-electron chi connectivity index (χ0n) is 42.6. The van der Waals surface area contributed by atoms with Gasteiger partial charge in [0.2, 0.25) is 0 Å². The first-order chi connectivity index (χ1) is 31.5. The fraction of sp³-hybridized carbons (Fsp3) is 0.810. The van der Waals surface area contributed by atoms with Gasteiger partial charge < -0.3 is 14.2 Å². The monoisotopic (exact) mass is 897 g/mol. The summed E-state index contributed by atoms with van der Waals surface area (Å²) >= 11 is 0. The summed E-state index contributed by atoms with van der Waals surface area (Å²) in [6, 6.07) is 0. The van der Waals surface area contributed by atoms with E-state index < -0.39 is 6.10 Å². The lowest BCUT2D eigenvalue weighted by molar-refractivity contribution is -0.167. The fourth-order valence-electron chi connectivity index (χ4n) is 7.86. The van der Waals surface area contributed by atoms with Crippen LogP contribution in [0.4, 0.5) is 0 Å². The molecule has 0 aliphatic heterocycles. The molecule has 0 aromatic rings. The van der Waals surface area contributed by atoms with E-state index in [9.17, 15) is 14.4 Å². The molecule has 0 fully saturated rings. The Kier molecular flexibility index (Phi) is 50.8. The van der Waals surface area contributed by atoms with E-state index in [0.29, 0.717) is 19.3 Å². The van der Waals surface area contributed by atoms with Crippen LogP contribution in [0.25, 0.3) is 0 Å². The maximum absolute atomic E-state index is 12.8.